The van der Waals surface area contributed by atoms with Crippen molar-refractivity contribution in [3.05, 3.63) is 57.2 Å². The number of rotatable bonds is 5. The van der Waals surface area contributed by atoms with Crippen molar-refractivity contribution in [2.75, 3.05) is 11.9 Å². The lowest BCUT2D eigenvalue weighted by molar-refractivity contribution is -0.119. The van der Waals surface area contributed by atoms with Gasteiger partial charge in [0.05, 0.1) is 15.1 Å². The second-order valence-electron chi connectivity index (χ2n) is 7.73. The normalized spacial score (nSPS) is 17.5. The first-order valence-electron chi connectivity index (χ1n) is 9.92. The molecular weight excluding hydrogens is 458 g/mol. The third-order valence-corrected chi connectivity index (χ3v) is 8.42. The van der Waals surface area contributed by atoms with Crippen LogP contribution in [0.15, 0.2) is 52.2 Å². The van der Waals surface area contributed by atoms with Crippen LogP contribution in [0.4, 0.5) is 5.69 Å². The maximum absolute atomic E-state index is 13.1. The molecule has 2 heterocycles. The minimum absolute atomic E-state index is 0.0341. The summed E-state index contributed by atoms with van der Waals surface area (Å²) < 4.78 is 29.8. The number of aromatic nitrogens is 1. The number of sulfonamides is 1. The van der Waals surface area contributed by atoms with Gasteiger partial charge < -0.3 is 5.32 Å². The van der Waals surface area contributed by atoms with Gasteiger partial charge in [0, 0.05) is 23.3 Å². The van der Waals surface area contributed by atoms with Gasteiger partial charge in [-0.2, -0.15) is 4.31 Å². The molecular formula is C21H22ClN3O4S2. The number of hydrogen-bond donors (Lipinski definition) is 1. The Hall–Kier alpha value is -2.20. The smallest absolute Gasteiger partial charge is 0.308 e. The molecule has 1 aromatic heterocycles. The van der Waals surface area contributed by atoms with Crippen LogP contribution in [0.1, 0.15) is 32.7 Å². The van der Waals surface area contributed by atoms with Crippen LogP contribution in [-0.2, 0) is 14.8 Å². The number of thiazole rings is 1. The molecule has 0 radical (unpaired) electrons. The third kappa shape index (κ3) is 4.15. The van der Waals surface area contributed by atoms with Gasteiger partial charge in [0.25, 0.3) is 0 Å². The molecule has 1 fully saturated rings. The lowest BCUT2D eigenvalue weighted by atomic mass is 10.2. The van der Waals surface area contributed by atoms with E-state index in [4.69, 9.17) is 11.6 Å². The predicted octanol–water partition coefficient (Wildman–Crippen LogP) is 4.09. The first kappa shape index (κ1) is 22.0. The summed E-state index contributed by atoms with van der Waals surface area (Å²) >= 11 is 6.99. The van der Waals surface area contributed by atoms with Crippen LogP contribution in [0.3, 0.4) is 0 Å². The maximum Gasteiger partial charge on any atom is 0.308 e. The van der Waals surface area contributed by atoms with Crippen LogP contribution in [0.5, 0.6) is 0 Å². The minimum Gasteiger partial charge on any atom is -0.325 e. The van der Waals surface area contributed by atoms with Gasteiger partial charge in [-0.05, 0) is 69.2 Å². The van der Waals surface area contributed by atoms with Crippen molar-refractivity contribution in [3.8, 4) is 0 Å². The lowest BCUT2D eigenvalue weighted by Crippen LogP contribution is -2.43. The van der Waals surface area contributed by atoms with Gasteiger partial charge in [-0.3, -0.25) is 14.2 Å². The van der Waals surface area contributed by atoms with Crippen molar-refractivity contribution in [2.24, 2.45) is 0 Å². The molecule has 2 aromatic carbocycles. The Labute approximate surface area is 189 Å². The summed E-state index contributed by atoms with van der Waals surface area (Å²) in [5.41, 5.74) is 1.35. The zero-order chi connectivity index (χ0) is 22.3. The molecule has 1 saturated heterocycles. The highest BCUT2D eigenvalue weighted by Gasteiger charge is 2.39. The summed E-state index contributed by atoms with van der Waals surface area (Å²) in [6.07, 6.45) is 1.04. The van der Waals surface area contributed by atoms with Crippen molar-refractivity contribution in [1.82, 2.24) is 8.87 Å². The van der Waals surface area contributed by atoms with Crippen molar-refractivity contribution in [1.29, 1.82) is 0 Å². The largest absolute Gasteiger partial charge is 0.325 e. The summed E-state index contributed by atoms with van der Waals surface area (Å²) in [5, 5.41) is 3.27. The van der Waals surface area contributed by atoms with Gasteiger partial charge in [0.1, 0.15) is 6.04 Å². The average Bonchev–Trinajstić information content (AvgIpc) is 3.32. The molecule has 0 bridgehead atoms. The summed E-state index contributed by atoms with van der Waals surface area (Å²) in [7, 11) is -3.82. The van der Waals surface area contributed by atoms with Gasteiger partial charge in [-0.1, -0.05) is 22.9 Å². The molecule has 1 aliphatic heterocycles. The Morgan fingerprint density at radius 2 is 1.90 bits per heavy atom. The van der Waals surface area contributed by atoms with Gasteiger partial charge >= 0.3 is 4.87 Å². The van der Waals surface area contributed by atoms with Crippen LogP contribution in [0.2, 0.25) is 5.02 Å². The molecule has 4 rings (SSSR count). The number of halogens is 1. The zero-order valence-electron chi connectivity index (χ0n) is 17.0. The van der Waals surface area contributed by atoms with Crippen molar-refractivity contribution < 1.29 is 13.2 Å². The Bertz CT molecular complexity index is 1300. The molecule has 31 heavy (non-hydrogen) atoms. The molecule has 0 unspecified atom stereocenters. The third-order valence-electron chi connectivity index (χ3n) is 5.32. The van der Waals surface area contributed by atoms with E-state index < -0.39 is 16.1 Å². The number of carbonyl (C=O) groups excluding carboxylic acids is 1. The van der Waals surface area contributed by atoms with Crippen molar-refractivity contribution >= 4 is 54.8 Å². The fourth-order valence-electron chi connectivity index (χ4n) is 3.86. The molecule has 0 saturated carbocycles. The summed E-state index contributed by atoms with van der Waals surface area (Å²) in [5.74, 6) is -0.384. The molecule has 164 valence electrons. The highest BCUT2D eigenvalue weighted by Crippen LogP contribution is 2.29. The Kier molecular flexibility index (Phi) is 5.95. The number of anilines is 1. The highest BCUT2D eigenvalue weighted by molar-refractivity contribution is 7.89. The quantitative estimate of drug-likeness (QED) is 0.597. The average molecular weight is 480 g/mol. The van der Waals surface area contributed by atoms with Crippen LogP contribution in [-0.4, -0.2) is 35.8 Å². The standard InChI is InChI=1S/C21H22ClN3O4S2/c1-13(2)25-17-10-7-15(12-19(17)30-21(25)27)23-20(26)18-4-3-11-24(18)31(28,29)16-8-5-14(22)6-9-16/h5-10,12-13,18H,3-4,11H2,1-2H3,(H,23,26)/t18-/m0/s1. The van der Waals surface area contributed by atoms with E-state index in [0.29, 0.717) is 23.6 Å². The number of amides is 1. The fourth-order valence-corrected chi connectivity index (χ4v) is 6.70. The van der Waals surface area contributed by atoms with Crippen LogP contribution >= 0.6 is 22.9 Å². The van der Waals surface area contributed by atoms with Gasteiger partial charge in [0.15, 0.2) is 0 Å². The first-order chi connectivity index (χ1) is 14.7. The van der Waals surface area contributed by atoms with Crippen LogP contribution in [0, 0.1) is 0 Å². The number of hydrogen-bond acceptors (Lipinski definition) is 5. The molecule has 1 amide bonds. The lowest BCUT2D eigenvalue weighted by Gasteiger charge is -2.23. The SMILES string of the molecule is CC(C)n1c(=O)sc2cc(NC(=O)[C@@H]3CCCN3S(=O)(=O)c3ccc(Cl)cc3)ccc21. The van der Waals surface area contributed by atoms with Crippen molar-refractivity contribution in [2.45, 2.75) is 43.7 Å². The summed E-state index contributed by atoms with van der Waals surface area (Å²) in [6.45, 7) is 4.17. The summed E-state index contributed by atoms with van der Waals surface area (Å²) in [6, 6.07) is 10.5. The molecule has 1 aliphatic rings. The molecule has 1 atom stereocenters. The van der Waals surface area contributed by atoms with E-state index in [2.05, 4.69) is 5.32 Å². The molecule has 1 N–H and O–H groups in total. The maximum atomic E-state index is 13.1. The van der Waals surface area contributed by atoms with E-state index in [0.717, 1.165) is 21.6 Å². The van der Waals surface area contributed by atoms with Gasteiger partial charge in [-0.25, -0.2) is 8.42 Å². The number of benzene rings is 2. The minimum atomic E-state index is -3.82. The molecule has 0 aliphatic carbocycles. The zero-order valence-corrected chi connectivity index (χ0v) is 19.4. The molecule has 0 spiro atoms. The highest BCUT2D eigenvalue weighted by atomic mass is 35.5. The van der Waals surface area contributed by atoms with Crippen LogP contribution < -0.4 is 10.2 Å². The number of nitrogens with one attached hydrogen (secondary N) is 1. The monoisotopic (exact) mass is 479 g/mol. The molecule has 3 aromatic rings. The second kappa shape index (κ2) is 8.38. The van der Waals surface area contributed by atoms with E-state index in [1.54, 1.807) is 22.8 Å². The topological polar surface area (TPSA) is 88.5 Å². The van der Waals surface area contributed by atoms with E-state index in [9.17, 15) is 18.0 Å². The van der Waals surface area contributed by atoms with E-state index in [1.165, 1.54) is 28.6 Å². The van der Waals surface area contributed by atoms with E-state index in [-0.39, 0.29) is 28.3 Å². The number of carbonyl (C=O) groups is 1. The molecule has 10 heteroatoms. The number of nitrogens with zero attached hydrogens (tertiary/aromatic N) is 2. The molecule has 7 nitrogen and oxygen atoms in total. The fraction of sp³-hybridized carbons (Fsp3) is 0.333. The summed E-state index contributed by atoms with van der Waals surface area (Å²) in [4.78, 5) is 25.3. The Morgan fingerprint density at radius 1 is 1.19 bits per heavy atom. The second-order valence-corrected chi connectivity index (χ2v) is 11.1. The predicted molar refractivity (Wildman–Crippen MR) is 123 cm³/mol. The Morgan fingerprint density at radius 3 is 2.58 bits per heavy atom. The van der Waals surface area contributed by atoms with Crippen molar-refractivity contribution in [3.63, 3.8) is 0 Å². The van der Waals surface area contributed by atoms with E-state index in [1.807, 2.05) is 13.8 Å². The van der Waals surface area contributed by atoms with Crippen LogP contribution in [0.25, 0.3) is 10.2 Å². The van der Waals surface area contributed by atoms with Gasteiger partial charge in [0.2, 0.25) is 15.9 Å². The number of fused-ring (bicyclic) bond motifs is 1. The van der Waals surface area contributed by atoms with E-state index >= 15 is 0 Å². The first-order valence-corrected chi connectivity index (χ1v) is 12.6. The van der Waals surface area contributed by atoms with Gasteiger partial charge in [-0.15, -0.1) is 0 Å². The Balaban J connectivity index is 1.58.